The Morgan fingerprint density at radius 3 is 2.35 bits per heavy atom. The third kappa shape index (κ3) is 4.30. The number of nitrogens with zero attached hydrogens (tertiary/aromatic N) is 1. The van der Waals surface area contributed by atoms with Crippen molar-refractivity contribution in [1.29, 1.82) is 0 Å². The van der Waals surface area contributed by atoms with E-state index in [1.54, 1.807) is 36.7 Å². The Labute approximate surface area is 137 Å². The predicted octanol–water partition coefficient (Wildman–Crippen LogP) is 2.87. The lowest BCUT2D eigenvalue weighted by molar-refractivity contribution is 0.401. The van der Waals surface area contributed by atoms with Crippen LogP contribution in [0.15, 0.2) is 47.6 Å². The molecule has 0 aliphatic carbocycles. The third-order valence-corrected chi connectivity index (χ3v) is 4.96. The first-order valence-corrected chi connectivity index (χ1v) is 8.79. The molecule has 1 heterocycles. The van der Waals surface area contributed by atoms with Gasteiger partial charge in [0.2, 0.25) is 10.0 Å². The van der Waals surface area contributed by atoms with Crippen LogP contribution in [-0.2, 0) is 22.0 Å². The van der Waals surface area contributed by atoms with Gasteiger partial charge in [-0.3, -0.25) is 4.98 Å². The molecule has 2 aromatic rings. The molecule has 23 heavy (non-hydrogen) atoms. The Kier molecular flexibility index (Phi) is 5.06. The van der Waals surface area contributed by atoms with Gasteiger partial charge in [-0.25, -0.2) is 13.1 Å². The Morgan fingerprint density at radius 1 is 1.13 bits per heavy atom. The molecule has 1 N–H and O–H groups in total. The zero-order valence-electron chi connectivity index (χ0n) is 13.8. The highest BCUT2D eigenvalue weighted by Gasteiger charge is 2.23. The van der Waals surface area contributed by atoms with E-state index in [1.165, 1.54) is 7.11 Å². The number of pyridine rings is 1. The summed E-state index contributed by atoms with van der Waals surface area (Å²) < 4.78 is 33.1. The van der Waals surface area contributed by atoms with Gasteiger partial charge in [0.05, 0.1) is 7.11 Å². The summed E-state index contributed by atoms with van der Waals surface area (Å²) in [5.41, 5.74) is 1.62. The van der Waals surface area contributed by atoms with E-state index in [9.17, 15) is 8.42 Å². The molecule has 0 unspecified atom stereocenters. The molecule has 0 saturated heterocycles. The zero-order valence-corrected chi connectivity index (χ0v) is 14.6. The number of rotatable bonds is 5. The van der Waals surface area contributed by atoms with Crippen LogP contribution in [0.25, 0.3) is 0 Å². The van der Waals surface area contributed by atoms with E-state index in [-0.39, 0.29) is 16.9 Å². The van der Waals surface area contributed by atoms with Crippen molar-refractivity contribution < 1.29 is 13.2 Å². The minimum atomic E-state index is -3.68. The second-order valence-electron chi connectivity index (χ2n) is 6.30. The summed E-state index contributed by atoms with van der Waals surface area (Å²) in [6.45, 7) is 6.31. The molecule has 1 aromatic heterocycles. The first-order valence-electron chi connectivity index (χ1n) is 7.31. The van der Waals surface area contributed by atoms with Gasteiger partial charge in [0.25, 0.3) is 0 Å². The average molecular weight is 334 g/mol. The molecular weight excluding hydrogens is 312 g/mol. The summed E-state index contributed by atoms with van der Waals surface area (Å²) in [5.74, 6) is 0.334. The van der Waals surface area contributed by atoms with Crippen molar-refractivity contribution in [3.05, 3.63) is 53.9 Å². The number of hydrogen-bond acceptors (Lipinski definition) is 4. The van der Waals surface area contributed by atoms with Crippen molar-refractivity contribution in [2.75, 3.05) is 7.11 Å². The van der Waals surface area contributed by atoms with Gasteiger partial charge >= 0.3 is 0 Å². The van der Waals surface area contributed by atoms with Crippen LogP contribution in [0.2, 0.25) is 0 Å². The topological polar surface area (TPSA) is 68.3 Å². The Morgan fingerprint density at radius 2 is 1.78 bits per heavy atom. The highest BCUT2D eigenvalue weighted by molar-refractivity contribution is 7.89. The van der Waals surface area contributed by atoms with Crippen molar-refractivity contribution in [3.8, 4) is 5.75 Å². The second-order valence-corrected chi connectivity index (χ2v) is 8.03. The number of methoxy groups -OCH3 is 1. The molecule has 0 aliphatic heterocycles. The molecule has 0 atom stereocenters. The lowest BCUT2D eigenvalue weighted by Crippen LogP contribution is -2.24. The molecule has 0 aliphatic rings. The van der Waals surface area contributed by atoms with Gasteiger partial charge in [0, 0.05) is 18.9 Å². The van der Waals surface area contributed by atoms with Crippen molar-refractivity contribution in [1.82, 2.24) is 9.71 Å². The lowest BCUT2D eigenvalue weighted by atomic mass is 9.87. The van der Waals surface area contributed by atoms with E-state index in [2.05, 4.69) is 9.71 Å². The Balaban J connectivity index is 2.34. The maximum atomic E-state index is 12.7. The normalized spacial score (nSPS) is 12.2. The molecule has 2 rings (SSSR count). The zero-order chi connectivity index (χ0) is 17.1. The summed E-state index contributed by atoms with van der Waals surface area (Å²) in [6, 6.07) is 8.80. The van der Waals surface area contributed by atoms with Crippen LogP contribution in [0.3, 0.4) is 0 Å². The summed E-state index contributed by atoms with van der Waals surface area (Å²) in [7, 11) is -2.21. The number of aromatic nitrogens is 1. The highest BCUT2D eigenvalue weighted by Crippen LogP contribution is 2.30. The van der Waals surface area contributed by atoms with Gasteiger partial charge in [0.15, 0.2) is 0 Å². The minimum absolute atomic E-state index is 0.151. The average Bonchev–Trinajstić information content (AvgIpc) is 2.52. The van der Waals surface area contributed by atoms with Gasteiger partial charge in [-0.05, 0) is 40.8 Å². The van der Waals surface area contributed by atoms with E-state index < -0.39 is 10.0 Å². The summed E-state index contributed by atoms with van der Waals surface area (Å²) in [5, 5.41) is 0. The van der Waals surface area contributed by atoms with Crippen molar-refractivity contribution in [3.63, 3.8) is 0 Å². The van der Waals surface area contributed by atoms with Gasteiger partial charge in [-0.2, -0.15) is 0 Å². The first kappa shape index (κ1) is 17.4. The molecule has 6 heteroatoms. The molecule has 0 fully saturated rings. The molecule has 0 saturated carbocycles. The van der Waals surface area contributed by atoms with E-state index in [1.807, 2.05) is 26.8 Å². The van der Waals surface area contributed by atoms with Crippen LogP contribution in [0.4, 0.5) is 0 Å². The predicted molar refractivity (Wildman–Crippen MR) is 90.0 cm³/mol. The lowest BCUT2D eigenvalue weighted by Gasteiger charge is -2.21. The fourth-order valence-electron chi connectivity index (χ4n) is 2.11. The van der Waals surface area contributed by atoms with Crippen molar-refractivity contribution >= 4 is 10.0 Å². The fourth-order valence-corrected chi connectivity index (χ4v) is 3.32. The SMILES string of the molecule is COc1ccc(C(C)(C)C)cc1S(=O)(=O)NCc1ccncc1. The molecular formula is C17H22N2O3S. The Hall–Kier alpha value is -1.92. The van der Waals surface area contributed by atoms with Gasteiger partial charge in [-0.1, -0.05) is 26.8 Å². The van der Waals surface area contributed by atoms with Crippen molar-refractivity contribution in [2.24, 2.45) is 0 Å². The molecule has 0 radical (unpaired) electrons. The first-order chi connectivity index (χ1) is 10.7. The van der Waals surface area contributed by atoms with E-state index in [4.69, 9.17) is 4.74 Å². The van der Waals surface area contributed by atoms with Gasteiger partial charge in [0.1, 0.15) is 10.6 Å². The van der Waals surface area contributed by atoms with Gasteiger partial charge < -0.3 is 4.74 Å². The molecule has 0 bridgehead atoms. The summed E-state index contributed by atoms with van der Waals surface area (Å²) >= 11 is 0. The van der Waals surface area contributed by atoms with E-state index in [0.29, 0.717) is 5.75 Å². The number of ether oxygens (including phenoxy) is 1. The van der Waals surface area contributed by atoms with E-state index >= 15 is 0 Å². The minimum Gasteiger partial charge on any atom is -0.495 e. The van der Waals surface area contributed by atoms with Crippen LogP contribution in [-0.4, -0.2) is 20.5 Å². The van der Waals surface area contributed by atoms with Gasteiger partial charge in [-0.15, -0.1) is 0 Å². The van der Waals surface area contributed by atoms with E-state index in [0.717, 1.165) is 11.1 Å². The number of hydrogen-bond donors (Lipinski definition) is 1. The quantitative estimate of drug-likeness (QED) is 0.913. The smallest absolute Gasteiger partial charge is 0.244 e. The molecule has 124 valence electrons. The molecule has 1 aromatic carbocycles. The highest BCUT2D eigenvalue weighted by atomic mass is 32.2. The van der Waals surface area contributed by atoms with Crippen LogP contribution < -0.4 is 9.46 Å². The molecule has 0 amide bonds. The number of benzene rings is 1. The maximum Gasteiger partial charge on any atom is 0.244 e. The van der Waals surface area contributed by atoms with Crippen LogP contribution in [0.1, 0.15) is 31.9 Å². The van der Waals surface area contributed by atoms with Crippen LogP contribution in [0, 0.1) is 0 Å². The van der Waals surface area contributed by atoms with Crippen LogP contribution in [0.5, 0.6) is 5.75 Å². The fraction of sp³-hybridized carbons (Fsp3) is 0.353. The van der Waals surface area contributed by atoms with Crippen molar-refractivity contribution in [2.45, 2.75) is 37.6 Å². The Bertz CT molecular complexity index is 766. The monoisotopic (exact) mass is 334 g/mol. The second kappa shape index (κ2) is 6.68. The summed E-state index contributed by atoms with van der Waals surface area (Å²) in [4.78, 5) is 4.07. The third-order valence-electron chi connectivity index (χ3n) is 3.53. The maximum absolute atomic E-state index is 12.7. The summed E-state index contributed by atoms with van der Waals surface area (Å²) in [6.07, 6.45) is 3.26. The number of nitrogens with one attached hydrogen (secondary N) is 1. The standard InChI is InChI=1S/C17H22N2O3S/c1-17(2,3)14-5-6-15(22-4)16(11-14)23(20,21)19-12-13-7-9-18-10-8-13/h5-11,19H,12H2,1-4H3. The molecule has 5 nitrogen and oxygen atoms in total. The number of sulfonamides is 1. The molecule has 0 spiro atoms. The largest absolute Gasteiger partial charge is 0.495 e. The van der Waals surface area contributed by atoms with Crippen LogP contribution >= 0.6 is 0 Å².